The van der Waals surface area contributed by atoms with E-state index in [4.69, 9.17) is 0 Å². The number of amides is 1. The minimum Gasteiger partial charge on any atom is -0.364 e. The highest BCUT2D eigenvalue weighted by molar-refractivity contribution is 6.00. The Bertz CT molecular complexity index is 1080. The highest BCUT2D eigenvalue weighted by Crippen LogP contribution is 2.33. The smallest absolute Gasteiger partial charge is 0.364 e. The van der Waals surface area contributed by atoms with Gasteiger partial charge in [0.2, 0.25) is 0 Å². The minimum atomic E-state index is -4.43. The molecule has 152 valence electrons. The Balaban J connectivity index is 1.72. The molecule has 0 saturated carbocycles. The molecule has 29 heavy (non-hydrogen) atoms. The number of fused-ring (bicyclic) bond motifs is 1. The lowest BCUT2D eigenvalue weighted by molar-refractivity contribution is -0.138. The molecule has 1 amide bonds. The molecule has 3 aromatic rings. The number of likely N-dealkylation sites (tertiary alicyclic amines) is 1. The fraction of sp³-hybridized carbons (Fsp3) is 0.333. The van der Waals surface area contributed by atoms with Crippen LogP contribution < -0.4 is 5.32 Å². The van der Waals surface area contributed by atoms with Crippen molar-refractivity contribution < 1.29 is 18.0 Å². The van der Waals surface area contributed by atoms with E-state index in [1.165, 1.54) is 12.1 Å². The Morgan fingerprint density at radius 3 is 2.62 bits per heavy atom. The number of hydrogen-bond acceptors (Lipinski definition) is 3. The summed E-state index contributed by atoms with van der Waals surface area (Å²) < 4.78 is 39.9. The van der Waals surface area contributed by atoms with E-state index in [0.29, 0.717) is 30.1 Å². The van der Waals surface area contributed by atoms with E-state index in [9.17, 15) is 18.0 Å². The number of hydrogen-bond donors (Lipinski definition) is 2. The molecule has 8 heteroatoms. The second-order valence-corrected chi connectivity index (χ2v) is 7.31. The number of nitrogens with one attached hydrogen (secondary N) is 2. The van der Waals surface area contributed by atoms with Gasteiger partial charge in [-0.1, -0.05) is 18.2 Å². The highest BCUT2D eigenvalue weighted by atomic mass is 19.4. The second-order valence-electron chi connectivity index (χ2n) is 7.31. The van der Waals surface area contributed by atoms with Crippen molar-refractivity contribution in [1.29, 1.82) is 0 Å². The van der Waals surface area contributed by atoms with Crippen LogP contribution in [-0.4, -0.2) is 33.9 Å². The van der Waals surface area contributed by atoms with Crippen LogP contribution in [0.5, 0.6) is 0 Å². The molecule has 2 N–H and O–H groups in total. The minimum absolute atomic E-state index is 0.0593. The average Bonchev–Trinajstić information content (AvgIpc) is 2.92. The number of halogens is 3. The van der Waals surface area contributed by atoms with Crippen molar-refractivity contribution in [3.05, 3.63) is 58.4 Å². The molecular weight excluding hydrogens is 381 g/mol. The van der Waals surface area contributed by atoms with Crippen LogP contribution in [0.25, 0.3) is 10.9 Å². The number of benzene rings is 1. The van der Waals surface area contributed by atoms with E-state index >= 15 is 0 Å². The maximum absolute atomic E-state index is 13.3. The summed E-state index contributed by atoms with van der Waals surface area (Å²) in [5, 5.41) is 3.85. The van der Waals surface area contributed by atoms with Crippen molar-refractivity contribution in [1.82, 2.24) is 14.9 Å². The maximum Gasteiger partial charge on any atom is 0.416 e. The first kappa shape index (κ1) is 19.3. The third-order valence-electron chi connectivity index (χ3n) is 5.43. The molecule has 0 spiro atoms. The Morgan fingerprint density at radius 2 is 1.97 bits per heavy atom. The van der Waals surface area contributed by atoms with Crippen molar-refractivity contribution in [3.63, 3.8) is 0 Å². The summed E-state index contributed by atoms with van der Waals surface area (Å²) in [6, 6.07) is 7.19. The van der Waals surface area contributed by atoms with Crippen molar-refractivity contribution in [2.24, 2.45) is 0 Å². The molecule has 1 aromatic carbocycles. The summed E-state index contributed by atoms with van der Waals surface area (Å²) >= 11 is 0. The zero-order chi connectivity index (χ0) is 20.8. The fourth-order valence-corrected chi connectivity index (χ4v) is 3.50. The van der Waals surface area contributed by atoms with Crippen LogP contribution in [0.3, 0.4) is 0 Å². The van der Waals surface area contributed by atoms with Gasteiger partial charge in [0.1, 0.15) is 5.69 Å². The lowest BCUT2D eigenvalue weighted by Gasteiger charge is -2.30. The van der Waals surface area contributed by atoms with Crippen LogP contribution in [0.1, 0.15) is 39.3 Å². The molecule has 1 saturated heterocycles. The van der Waals surface area contributed by atoms with Gasteiger partial charge >= 0.3 is 6.18 Å². The van der Waals surface area contributed by atoms with Gasteiger partial charge in [-0.3, -0.25) is 4.79 Å². The Labute approximate surface area is 165 Å². The topological polar surface area (TPSA) is 61.0 Å². The molecule has 5 nitrogen and oxygen atoms in total. The highest BCUT2D eigenvalue weighted by Gasteiger charge is 2.33. The SMILES string of the molecule is Cc1[nH]c2c(NCc3ccccc3C(F)(F)F)nc(C(=O)N3CCC3)cc2c1C. The number of rotatable bonds is 4. The Hall–Kier alpha value is -3.03. The van der Waals surface area contributed by atoms with Gasteiger partial charge in [-0.15, -0.1) is 0 Å². The first-order chi connectivity index (χ1) is 13.8. The van der Waals surface area contributed by atoms with Crippen LogP contribution >= 0.6 is 0 Å². The number of nitrogens with zero attached hydrogens (tertiary/aromatic N) is 2. The van der Waals surface area contributed by atoms with Crippen LogP contribution in [0.15, 0.2) is 30.3 Å². The van der Waals surface area contributed by atoms with Gasteiger partial charge in [-0.2, -0.15) is 13.2 Å². The number of carbonyl (C=O) groups excluding carboxylic acids is 1. The number of carbonyl (C=O) groups is 1. The molecule has 0 aliphatic carbocycles. The summed E-state index contributed by atoms with van der Waals surface area (Å²) in [5.41, 5.74) is 2.33. The first-order valence-corrected chi connectivity index (χ1v) is 9.44. The lowest BCUT2D eigenvalue weighted by Crippen LogP contribution is -2.42. The van der Waals surface area contributed by atoms with E-state index in [0.717, 1.165) is 29.1 Å². The van der Waals surface area contributed by atoms with Crippen molar-refractivity contribution >= 4 is 22.6 Å². The summed E-state index contributed by atoms with van der Waals surface area (Å²) in [6.07, 6.45) is -3.47. The van der Waals surface area contributed by atoms with Gasteiger partial charge in [0, 0.05) is 30.7 Å². The monoisotopic (exact) mass is 402 g/mol. The van der Waals surface area contributed by atoms with E-state index in [-0.39, 0.29) is 18.0 Å². The summed E-state index contributed by atoms with van der Waals surface area (Å²) in [7, 11) is 0. The van der Waals surface area contributed by atoms with Gasteiger partial charge in [0.25, 0.3) is 5.91 Å². The largest absolute Gasteiger partial charge is 0.416 e. The molecular formula is C21H21F3N4O. The fourth-order valence-electron chi connectivity index (χ4n) is 3.50. The van der Waals surface area contributed by atoms with Crippen molar-refractivity contribution in [3.8, 4) is 0 Å². The molecule has 2 aromatic heterocycles. The van der Waals surface area contributed by atoms with Crippen LogP contribution in [0, 0.1) is 13.8 Å². The molecule has 1 aliphatic heterocycles. The van der Waals surface area contributed by atoms with Crippen molar-refractivity contribution in [2.45, 2.75) is 33.0 Å². The number of alkyl halides is 3. The van der Waals surface area contributed by atoms with Crippen LogP contribution in [-0.2, 0) is 12.7 Å². The van der Waals surface area contributed by atoms with Crippen molar-refractivity contribution in [2.75, 3.05) is 18.4 Å². The molecule has 0 bridgehead atoms. The molecule has 0 radical (unpaired) electrons. The average molecular weight is 402 g/mol. The molecule has 3 heterocycles. The molecule has 1 aliphatic rings. The zero-order valence-electron chi connectivity index (χ0n) is 16.2. The second kappa shape index (κ2) is 7.09. The maximum atomic E-state index is 13.3. The number of H-pyrrole nitrogens is 1. The van der Waals surface area contributed by atoms with E-state index in [1.807, 2.05) is 13.8 Å². The Morgan fingerprint density at radius 1 is 1.24 bits per heavy atom. The predicted molar refractivity (Wildman–Crippen MR) is 105 cm³/mol. The summed E-state index contributed by atoms with van der Waals surface area (Å²) in [5.74, 6) is 0.217. The summed E-state index contributed by atoms with van der Waals surface area (Å²) in [4.78, 5) is 22.1. The van der Waals surface area contributed by atoms with Crippen LogP contribution in [0.2, 0.25) is 0 Å². The number of anilines is 1. The first-order valence-electron chi connectivity index (χ1n) is 9.44. The predicted octanol–water partition coefficient (Wildman–Crippen LogP) is 4.66. The number of aryl methyl sites for hydroxylation is 2. The standard InChI is InChI=1S/C21H21F3N4O/c1-12-13(2)26-18-15(12)10-17(20(29)28-8-5-9-28)27-19(18)25-11-14-6-3-4-7-16(14)21(22,23)24/h3-4,6-7,10,26H,5,8-9,11H2,1-2H3,(H,25,27). The van der Waals surface area contributed by atoms with Gasteiger partial charge in [-0.05, 0) is 43.5 Å². The third-order valence-corrected chi connectivity index (χ3v) is 5.43. The number of pyridine rings is 1. The van der Waals surface area contributed by atoms with E-state index in [1.54, 1.807) is 17.0 Å². The van der Waals surface area contributed by atoms with Gasteiger partial charge in [0.15, 0.2) is 5.82 Å². The molecule has 0 atom stereocenters. The van der Waals surface area contributed by atoms with E-state index in [2.05, 4.69) is 15.3 Å². The normalized spacial score (nSPS) is 14.2. The number of aromatic nitrogens is 2. The van der Waals surface area contributed by atoms with Gasteiger partial charge < -0.3 is 15.2 Å². The molecule has 4 rings (SSSR count). The van der Waals surface area contributed by atoms with Gasteiger partial charge in [-0.25, -0.2) is 4.98 Å². The Kier molecular flexibility index (Phi) is 4.72. The van der Waals surface area contributed by atoms with Gasteiger partial charge in [0.05, 0.1) is 11.1 Å². The number of aromatic amines is 1. The summed E-state index contributed by atoms with van der Waals surface area (Å²) in [6.45, 7) is 5.19. The molecule has 1 fully saturated rings. The third kappa shape index (κ3) is 3.54. The zero-order valence-corrected chi connectivity index (χ0v) is 16.2. The lowest BCUT2D eigenvalue weighted by atomic mass is 10.1. The quantitative estimate of drug-likeness (QED) is 0.668. The van der Waals surface area contributed by atoms with Crippen LogP contribution in [0.4, 0.5) is 19.0 Å². The molecule has 0 unspecified atom stereocenters. The van der Waals surface area contributed by atoms with E-state index < -0.39 is 11.7 Å².